The second-order valence-corrected chi connectivity index (χ2v) is 4.38. The molecule has 0 saturated heterocycles. The first-order chi connectivity index (χ1) is 8.47. The van der Waals surface area contributed by atoms with Gasteiger partial charge in [-0.25, -0.2) is 0 Å². The molecule has 0 fully saturated rings. The van der Waals surface area contributed by atoms with Crippen LogP contribution < -0.4 is 10.7 Å². The SMILES string of the molecule is CCCCC(=O)NCc1c(O)c(=O)cc(C)n1C. The van der Waals surface area contributed by atoms with Gasteiger partial charge in [-0.3, -0.25) is 9.59 Å². The molecule has 18 heavy (non-hydrogen) atoms. The van der Waals surface area contributed by atoms with Gasteiger partial charge in [-0.2, -0.15) is 0 Å². The number of carbonyl (C=O) groups is 1. The Morgan fingerprint density at radius 3 is 2.78 bits per heavy atom. The molecule has 1 aromatic rings. The maximum atomic E-state index is 11.5. The zero-order chi connectivity index (χ0) is 13.7. The Hall–Kier alpha value is -1.78. The van der Waals surface area contributed by atoms with Crippen molar-refractivity contribution in [1.82, 2.24) is 9.88 Å². The molecule has 0 bridgehead atoms. The van der Waals surface area contributed by atoms with Gasteiger partial charge in [0.05, 0.1) is 12.2 Å². The quantitative estimate of drug-likeness (QED) is 0.827. The second kappa shape index (κ2) is 6.23. The highest BCUT2D eigenvalue weighted by Crippen LogP contribution is 2.12. The van der Waals surface area contributed by atoms with E-state index < -0.39 is 5.43 Å². The van der Waals surface area contributed by atoms with E-state index in [-0.39, 0.29) is 18.2 Å². The molecule has 2 N–H and O–H groups in total. The van der Waals surface area contributed by atoms with Gasteiger partial charge in [-0.15, -0.1) is 0 Å². The van der Waals surface area contributed by atoms with Crippen molar-refractivity contribution >= 4 is 5.91 Å². The first-order valence-electron chi connectivity index (χ1n) is 6.12. The van der Waals surface area contributed by atoms with Gasteiger partial charge in [0.15, 0.2) is 5.75 Å². The molecular weight excluding hydrogens is 232 g/mol. The first-order valence-corrected chi connectivity index (χ1v) is 6.12. The van der Waals surface area contributed by atoms with Crippen LogP contribution in [0.15, 0.2) is 10.9 Å². The van der Waals surface area contributed by atoms with Crippen molar-refractivity contribution in [3.63, 3.8) is 0 Å². The molecule has 0 aliphatic heterocycles. The molecule has 0 spiro atoms. The number of nitrogens with zero attached hydrogens (tertiary/aromatic N) is 1. The summed E-state index contributed by atoms with van der Waals surface area (Å²) in [5.41, 5.74) is 0.767. The summed E-state index contributed by atoms with van der Waals surface area (Å²) < 4.78 is 1.71. The van der Waals surface area contributed by atoms with Crippen molar-refractivity contribution in [3.05, 3.63) is 27.7 Å². The lowest BCUT2D eigenvalue weighted by atomic mass is 10.2. The molecular formula is C13H20N2O3. The van der Waals surface area contributed by atoms with E-state index >= 15 is 0 Å². The van der Waals surface area contributed by atoms with Gasteiger partial charge >= 0.3 is 0 Å². The Morgan fingerprint density at radius 2 is 2.17 bits per heavy atom. The van der Waals surface area contributed by atoms with E-state index in [9.17, 15) is 14.7 Å². The van der Waals surface area contributed by atoms with E-state index in [0.29, 0.717) is 12.1 Å². The molecule has 5 heteroatoms. The fourth-order valence-electron chi connectivity index (χ4n) is 1.68. The Kier molecular flexibility index (Phi) is 4.95. The largest absolute Gasteiger partial charge is 0.503 e. The van der Waals surface area contributed by atoms with Gasteiger partial charge in [0.1, 0.15) is 0 Å². The molecule has 0 unspecified atom stereocenters. The summed E-state index contributed by atoms with van der Waals surface area (Å²) in [4.78, 5) is 22.9. The van der Waals surface area contributed by atoms with E-state index in [2.05, 4.69) is 5.32 Å². The van der Waals surface area contributed by atoms with Crippen LogP contribution in [-0.4, -0.2) is 15.6 Å². The number of aryl methyl sites for hydroxylation is 1. The molecule has 0 atom stereocenters. The smallest absolute Gasteiger partial charge is 0.223 e. The number of unbranched alkanes of at least 4 members (excludes halogenated alkanes) is 1. The van der Waals surface area contributed by atoms with E-state index in [0.717, 1.165) is 18.5 Å². The normalized spacial score (nSPS) is 10.4. The minimum Gasteiger partial charge on any atom is -0.503 e. The van der Waals surface area contributed by atoms with Gasteiger partial charge in [-0.05, 0) is 13.3 Å². The maximum Gasteiger partial charge on any atom is 0.223 e. The number of aromatic nitrogens is 1. The summed E-state index contributed by atoms with van der Waals surface area (Å²) in [5, 5.41) is 12.4. The third-order valence-corrected chi connectivity index (χ3v) is 2.99. The fraction of sp³-hybridized carbons (Fsp3) is 0.538. The molecule has 0 saturated carbocycles. The molecule has 0 aliphatic rings. The summed E-state index contributed by atoms with van der Waals surface area (Å²) >= 11 is 0. The van der Waals surface area contributed by atoms with Crippen molar-refractivity contribution in [3.8, 4) is 5.75 Å². The highest BCUT2D eigenvalue weighted by Gasteiger charge is 2.11. The fourth-order valence-corrected chi connectivity index (χ4v) is 1.68. The van der Waals surface area contributed by atoms with Crippen molar-refractivity contribution < 1.29 is 9.90 Å². The third kappa shape index (κ3) is 3.35. The number of nitrogens with one attached hydrogen (secondary N) is 1. The standard InChI is InChI=1S/C13H20N2O3/c1-4-5-6-12(17)14-8-10-13(18)11(16)7-9(2)15(10)3/h7,18H,4-6,8H2,1-3H3,(H,14,17). The molecule has 1 rings (SSSR count). The minimum atomic E-state index is -0.414. The van der Waals surface area contributed by atoms with Gasteiger partial charge in [0.25, 0.3) is 0 Å². The number of carbonyl (C=O) groups excluding carboxylic acids is 1. The predicted molar refractivity (Wildman–Crippen MR) is 69.5 cm³/mol. The van der Waals surface area contributed by atoms with Crippen molar-refractivity contribution in [1.29, 1.82) is 0 Å². The van der Waals surface area contributed by atoms with Crippen molar-refractivity contribution in [2.75, 3.05) is 0 Å². The lowest BCUT2D eigenvalue weighted by Crippen LogP contribution is -2.26. The van der Waals surface area contributed by atoms with Crippen LogP contribution in [0.4, 0.5) is 0 Å². The van der Waals surface area contributed by atoms with Crippen LogP contribution in [0.3, 0.4) is 0 Å². The Balaban J connectivity index is 2.79. The van der Waals surface area contributed by atoms with Gasteiger partial charge in [0.2, 0.25) is 11.3 Å². The summed E-state index contributed by atoms with van der Waals surface area (Å²) in [6.07, 6.45) is 2.27. The molecule has 0 aromatic carbocycles. The topological polar surface area (TPSA) is 71.3 Å². The van der Waals surface area contributed by atoms with Gasteiger partial charge in [0, 0.05) is 25.2 Å². The number of amides is 1. The monoisotopic (exact) mass is 252 g/mol. The number of rotatable bonds is 5. The van der Waals surface area contributed by atoms with Crippen molar-refractivity contribution in [2.24, 2.45) is 7.05 Å². The van der Waals surface area contributed by atoms with Crippen LogP contribution >= 0.6 is 0 Å². The predicted octanol–water partition coefficient (Wildman–Crippen LogP) is 1.21. The van der Waals surface area contributed by atoms with Gasteiger partial charge in [-0.1, -0.05) is 13.3 Å². The zero-order valence-corrected chi connectivity index (χ0v) is 11.1. The van der Waals surface area contributed by atoms with Crippen LogP contribution in [0, 0.1) is 6.92 Å². The Morgan fingerprint density at radius 1 is 1.50 bits per heavy atom. The molecule has 0 radical (unpaired) electrons. The third-order valence-electron chi connectivity index (χ3n) is 2.99. The van der Waals surface area contributed by atoms with E-state index in [1.54, 1.807) is 18.5 Å². The van der Waals surface area contributed by atoms with Crippen LogP contribution in [-0.2, 0) is 18.4 Å². The van der Waals surface area contributed by atoms with E-state index in [1.807, 2.05) is 6.92 Å². The van der Waals surface area contributed by atoms with E-state index in [4.69, 9.17) is 0 Å². The maximum absolute atomic E-state index is 11.5. The van der Waals surface area contributed by atoms with Crippen LogP contribution in [0.2, 0.25) is 0 Å². The highest BCUT2D eigenvalue weighted by molar-refractivity contribution is 5.75. The number of aromatic hydroxyl groups is 1. The highest BCUT2D eigenvalue weighted by atomic mass is 16.3. The zero-order valence-electron chi connectivity index (χ0n) is 11.1. The molecule has 0 aliphatic carbocycles. The summed E-state index contributed by atoms with van der Waals surface area (Å²) in [6, 6.07) is 1.37. The summed E-state index contributed by atoms with van der Waals surface area (Å²) in [6.45, 7) is 3.97. The van der Waals surface area contributed by atoms with Gasteiger partial charge < -0.3 is 15.0 Å². The average molecular weight is 252 g/mol. The Bertz CT molecular complexity index is 492. The van der Waals surface area contributed by atoms with Crippen molar-refractivity contribution in [2.45, 2.75) is 39.7 Å². The lowest BCUT2D eigenvalue weighted by molar-refractivity contribution is -0.121. The molecule has 1 aromatic heterocycles. The summed E-state index contributed by atoms with van der Waals surface area (Å²) in [5.74, 6) is -0.357. The number of pyridine rings is 1. The van der Waals surface area contributed by atoms with E-state index in [1.165, 1.54) is 6.07 Å². The van der Waals surface area contributed by atoms with Crippen LogP contribution in [0.5, 0.6) is 5.75 Å². The average Bonchev–Trinajstić information content (AvgIpc) is 2.34. The second-order valence-electron chi connectivity index (χ2n) is 4.38. The summed E-state index contributed by atoms with van der Waals surface area (Å²) in [7, 11) is 1.75. The Labute approximate surface area is 106 Å². The molecule has 100 valence electrons. The lowest BCUT2D eigenvalue weighted by Gasteiger charge is -2.14. The number of hydrogen-bond acceptors (Lipinski definition) is 3. The molecule has 1 amide bonds. The molecule has 5 nitrogen and oxygen atoms in total. The van der Waals surface area contributed by atoms with Crippen LogP contribution in [0.1, 0.15) is 37.6 Å². The first kappa shape index (κ1) is 14.3. The van der Waals surface area contributed by atoms with Crippen LogP contribution in [0.25, 0.3) is 0 Å². The number of hydrogen-bond donors (Lipinski definition) is 2. The minimum absolute atomic E-state index is 0.0646. The molecule has 1 heterocycles.